The molecule has 20 heavy (non-hydrogen) atoms. The highest BCUT2D eigenvalue weighted by Crippen LogP contribution is 2.33. The molecule has 0 N–H and O–H groups in total. The number of halogens is 2. The van der Waals surface area contributed by atoms with Gasteiger partial charge >= 0.3 is 0 Å². The molecule has 1 aliphatic rings. The van der Waals surface area contributed by atoms with Crippen LogP contribution in [0.3, 0.4) is 0 Å². The Balaban J connectivity index is 1.98. The molecule has 0 bridgehead atoms. The molecule has 1 saturated carbocycles. The van der Waals surface area contributed by atoms with Gasteiger partial charge in [0.2, 0.25) is 0 Å². The van der Waals surface area contributed by atoms with Crippen molar-refractivity contribution in [3.8, 4) is 0 Å². The van der Waals surface area contributed by atoms with Crippen molar-refractivity contribution in [1.29, 1.82) is 0 Å². The highest BCUT2D eigenvalue weighted by Gasteiger charge is 2.19. The van der Waals surface area contributed by atoms with Gasteiger partial charge in [0, 0.05) is 0 Å². The second-order valence-electron chi connectivity index (χ2n) is 6.05. The second-order valence-corrected chi connectivity index (χ2v) is 6.05. The molecule has 0 heterocycles. The highest BCUT2D eigenvalue weighted by molar-refractivity contribution is 5.63. The summed E-state index contributed by atoms with van der Waals surface area (Å²) in [5.41, 5.74) is 1.85. The molecular weight excluding hydrogens is 254 g/mol. The Kier molecular flexibility index (Phi) is 5.33. The maximum Gasteiger partial charge on any atom is 0.159 e. The van der Waals surface area contributed by atoms with E-state index >= 15 is 0 Å². The van der Waals surface area contributed by atoms with E-state index in [1.54, 1.807) is 6.07 Å². The molecule has 1 aliphatic carbocycles. The second kappa shape index (κ2) is 7.01. The molecule has 0 saturated heterocycles. The van der Waals surface area contributed by atoms with Gasteiger partial charge in [-0.3, -0.25) is 0 Å². The molecule has 110 valence electrons. The maximum absolute atomic E-state index is 13.3. The average Bonchev–Trinajstić information content (AvgIpc) is 2.44. The van der Waals surface area contributed by atoms with E-state index in [-0.39, 0.29) is 0 Å². The van der Waals surface area contributed by atoms with Crippen molar-refractivity contribution >= 4 is 5.57 Å². The Morgan fingerprint density at radius 2 is 1.85 bits per heavy atom. The van der Waals surface area contributed by atoms with Crippen LogP contribution in [0.15, 0.2) is 24.3 Å². The van der Waals surface area contributed by atoms with Gasteiger partial charge in [-0.05, 0) is 67.7 Å². The molecule has 1 aromatic rings. The third-order valence-corrected chi connectivity index (χ3v) is 4.45. The first kappa shape index (κ1) is 15.2. The van der Waals surface area contributed by atoms with E-state index in [0.29, 0.717) is 5.92 Å². The molecule has 0 atom stereocenters. The molecule has 0 amide bonds. The number of allylic oxidation sites excluding steroid dienone is 2. The first-order valence-corrected chi connectivity index (χ1v) is 7.74. The van der Waals surface area contributed by atoms with Crippen molar-refractivity contribution in [2.75, 3.05) is 0 Å². The number of benzene rings is 1. The van der Waals surface area contributed by atoms with Crippen LogP contribution in [-0.4, -0.2) is 0 Å². The van der Waals surface area contributed by atoms with Gasteiger partial charge in [-0.1, -0.05) is 31.9 Å². The summed E-state index contributed by atoms with van der Waals surface area (Å²) in [6.07, 6.45) is 9.93. The van der Waals surface area contributed by atoms with Crippen LogP contribution < -0.4 is 0 Å². The van der Waals surface area contributed by atoms with Crippen molar-refractivity contribution in [3.05, 3.63) is 41.5 Å². The van der Waals surface area contributed by atoms with Crippen molar-refractivity contribution in [3.63, 3.8) is 0 Å². The Bertz CT molecular complexity index is 468. The molecule has 0 nitrogen and oxygen atoms in total. The lowest BCUT2D eigenvalue weighted by Crippen LogP contribution is -2.13. The first-order valence-electron chi connectivity index (χ1n) is 7.74. The first-order chi connectivity index (χ1) is 9.60. The normalized spacial score (nSPS) is 23.9. The Morgan fingerprint density at radius 3 is 2.45 bits per heavy atom. The smallest absolute Gasteiger partial charge is 0.159 e. The molecule has 0 spiro atoms. The topological polar surface area (TPSA) is 0 Å². The van der Waals surface area contributed by atoms with E-state index in [1.165, 1.54) is 50.7 Å². The predicted molar refractivity (Wildman–Crippen MR) is 80.4 cm³/mol. The fourth-order valence-corrected chi connectivity index (χ4v) is 3.24. The largest absolute Gasteiger partial charge is 0.204 e. The number of hydrogen-bond acceptors (Lipinski definition) is 0. The van der Waals surface area contributed by atoms with Gasteiger partial charge < -0.3 is 0 Å². The van der Waals surface area contributed by atoms with Gasteiger partial charge in [-0.25, -0.2) is 8.78 Å². The molecule has 0 aromatic heterocycles. The standard InChI is InChI=1S/C18H24F2/c1-3-4-14-5-7-15(8-6-14)11-13(2)16-9-10-17(19)18(20)12-16/h9-12,14-15H,3-8H2,1-2H3/b13-11+. The lowest BCUT2D eigenvalue weighted by molar-refractivity contribution is 0.294. The van der Waals surface area contributed by atoms with Crippen molar-refractivity contribution in [2.45, 2.75) is 52.4 Å². The van der Waals surface area contributed by atoms with E-state index in [1.807, 2.05) is 6.92 Å². The summed E-state index contributed by atoms with van der Waals surface area (Å²) in [5, 5.41) is 0. The summed E-state index contributed by atoms with van der Waals surface area (Å²) in [4.78, 5) is 0. The third-order valence-electron chi connectivity index (χ3n) is 4.45. The molecule has 0 aliphatic heterocycles. The zero-order valence-electron chi connectivity index (χ0n) is 12.5. The molecule has 2 rings (SSSR count). The zero-order chi connectivity index (χ0) is 14.5. The number of rotatable bonds is 4. The van der Waals surface area contributed by atoms with E-state index in [2.05, 4.69) is 13.0 Å². The minimum Gasteiger partial charge on any atom is -0.204 e. The summed E-state index contributed by atoms with van der Waals surface area (Å²) in [7, 11) is 0. The van der Waals surface area contributed by atoms with Crippen LogP contribution >= 0.6 is 0 Å². The predicted octanol–water partition coefficient (Wildman–Crippen LogP) is 5.97. The molecule has 0 unspecified atom stereocenters. The summed E-state index contributed by atoms with van der Waals surface area (Å²) < 4.78 is 26.2. The summed E-state index contributed by atoms with van der Waals surface area (Å²) in [6, 6.07) is 4.16. The summed E-state index contributed by atoms with van der Waals surface area (Å²) in [5.74, 6) is -0.0482. The van der Waals surface area contributed by atoms with Gasteiger partial charge in [0.25, 0.3) is 0 Å². The summed E-state index contributed by atoms with van der Waals surface area (Å²) in [6.45, 7) is 4.24. The Labute approximate surface area is 120 Å². The van der Waals surface area contributed by atoms with Gasteiger partial charge in [0.05, 0.1) is 0 Å². The van der Waals surface area contributed by atoms with Crippen LogP contribution in [0.25, 0.3) is 5.57 Å². The van der Waals surface area contributed by atoms with E-state index < -0.39 is 11.6 Å². The minimum atomic E-state index is -0.776. The van der Waals surface area contributed by atoms with Gasteiger partial charge in [-0.15, -0.1) is 0 Å². The third kappa shape index (κ3) is 3.91. The van der Waals surface area contributed by atoms with E-state index in [9.17, 15) is 8.78 Å². The van der Waals surface area contributed by atoms with E-state index in [0.717, 1.165) is 17.1 Å². The van der Waals surface area contributed by atoms with Crippen molar-refractivity contribution < 1.29 is 8.78 Å². The fraction of sp³-hybridized carbons (Fsp3) is 0.556. The van der Waals surface area contributed by atoms with Gasteiger partial charge in [0.15, 0.2) is 11.6 Å². The van der Waals surface area contributed by atoms with Gasteiger partial charge in [-0.2, -0.15) is 0 Å². The zero-order valence-corrected chi connectivity index (χ0v) is 12.5. The SMILES string of the molecule is CCCC1CCC(/C=C(\C)c2ccc(F)c(F)c2)CC1. The van der Waals surface area contributed by atoms with Crippen molar-refractivity contribution in [1.82, 2.24) is 0 Å². The fourth-order valence-electron chi connectivity index (χ4n) is 3.24. The minimum absolute atomic E-state index is 0.594. The van der Waals surface area contributed by atoms with Crippen LogP contribution in [-0.2, 0) is 0 Å². The van der Waals surface area contributed by atoms with E-state index in [4.69, 9.17) is 0 Å². The molecular formula is C18H24F2. The average molecular weight is 278 g/mol. The van der Waals surface area contributed by atoms with Crippen LogP contribution in [0, 0.1) is 23.5 Å². The Hall–Kier alpha value is -1.18. The monoisotopic (exact) mass is 278 g/mol. The maximum atomic E-state index is 13.3. The quantitative estimate of drug-likeness (QED) is 0.636. The van der Waals surface area contributed by atoms with Crippen molar-refractivity contribution in [2.24, 2.45) is 11.8 Å². The lowest BCUT2D eigenvalue weighted by Gasteiger charge is -2.27. The number of hydrogen-bond donors (Lipinski definition) is 0. The van der Waals surface area contributed by atoms with Crippen LogP contribution in [0.5, 0.6) is 0 Å². The lowest BCUT2D eigenvalue weighted by atomic mass is 9.79. The van der Waals surface area contributed by atoms with Crippen LogP contribution in [0.4, 0.5) is 8.78 Å². The molecule has 1 fully saturated rings. The molecule has 2 heteroatoms. The molecule has 0 radical (unpaired) electrons. The summed E-state index contributed by atoms with van der Waals surface area (Å²) >= 11 is 0. The van der Waals surface area contributed by atoms with Gasteiger partial charge in [0.1, 0.15) is 0 Å². The van der Waals surface area contributed by atoms with Crippen LogP contribution in [0.1, 0.15) is 57.9 Å². The molecule has 1 aromatic carbocycles. The Morgan fingerprint density at radius 1 is 1.15 bits per heavy atom. The van der Waals surface area contributed by atoms with Crippen LogP contribution in [0.2, 0.25) is 0 Å². The highest BCUT2D eigenvalue weighted by atomic mass is 19.2.